The van der Waals surface area contributed by atoms with Crippen LogP contribution in [0.15, 0.2) is 51.1 Å². The Morgan fingerprint density at radius 1 is 0.697 bits per heavy atom. The Balaban J connectivity index is 2.24. The first kappa shape index (κ1) is 22.8. The molecule has 0 bridgehead atoms. The molecular weight excluding hydrogens is 502 g/mol. The number of fused-ring (bicyclic) bond motifs is 3. The molecule has 174 valence electrons. The molecule has 0 aliphatic heterocycles. The number of nitrogens with zero attached hydrogens (tertiary/aromatic N) is 3. The van der Waals surface area contributed by atoms with Crippen LogP contribution in [0.1, 0.15) is 0 Å². The van der Waals surface area contributed by atoms with Crippen LogP contribution in [0.5, 0.6) is 0 Å². The molecule has 1 heterocycles. The zero-order valence-electron chi connectivity index (χ0n) is 16.0. The van der Waals surface area contributed by atoms with Gasteiger partial charge in [0.15, 0.2) is 0 Å². The summed E-state index contributed by atoms with van der Waals surface area (Å²) in [6.07, 6.45) is 0. The standard InChI is InChI=1S/C16H13N5O9S3/c17-7-1-2-11(13(4-7)32(25,26)27)21-19-10-6-12(31(22,23)24)9-3-8(18)5-14(33(28,29)30)15(9)16(10)20-21/h1-6H,17-18H2,(H,22,23,24)(H,25,26,27)(H,28,29,30). The number of anilines is 2. The van der Waals surface area contributed by atoms with Gasteiger partial charge in [-0.25, -0.2) is 0 Å². The Morgan fingerprint density at radius 3 is 1.85 bits per heavy atom. The molecule has 0 amide bonds. The predicted octanol–water partition coefficient (Wildman–Crippen LogP) is 0.478. The van der Waals surface area contributed by atoms with E-state index in [1.807, 2.05) is 0 Å². The molecule has 0 atom stereocenters. The van der Waals surface area contributed by atoms with Crippen LogP contribution >= 0.6 is 0 Å². The highest BCUT2D eigenvalue weighted by Crippen LogP contribution is 2.36. The van der Waals surface area contributed by atoms with Gasteiger partial charge in [-0.2, -0.15) is 25.3 Å². The van der Waals surface area contributed by atoms with Crippen LogP contribution in [-0.4, -0.2) is 53.9 Å². The third-order valence-electron chi connectivity index (χ3n) is 4.57. The second-order valence-corrected chi connectivity index (χ2v) is 11.0. The van der Waals surface area contributed by atoms with Crippen LogP contribution in [-0.2, 0) is 30.4 Å². The molecule has 17 heteroatoms. The van der Waals surface area contributed by atoms with Gasteiger partial charge >= 0.3 is 0 Å². The van der Waals surface area contributed by atoms with E-state index in [2.05, 4.69) is 10.2 Å². The van der Waals surface area contributed by atoms with Crippen LogP contribution in [0.4, 0.5) is 11.4 Å². The van der Waals surface area contributed by atoms with Crippen molar-refractivity contribution >= 4 is 63.5 Å². The average Bonchev–Trinajstić information content (AvgIpc) is 3.08. The summed E-state index contributed by atoms with van der Waals surface area (Å²) in [4.78, 5) is -1.62. The van der Waals surface area contributed by atoms with Gasteiger partial charge in [0, 0.05) is 22.1 Å². The number of hydrogen-bond donors (Lipinski definition) is 5. The normalized spacial score (nSPS) is 13.1. The molecule has 0 aliphatic rings. The molecule has 0 radical (unpaired) electrons. The Hall–Kier alpha value is -3.35. The maximum absolute atomic E-state index is 12.0. The van der Waals surface area contributed by atoms with E-state index in [-0.39, 0.29) is 28.1 Å². The van der Waals surface area contributed by atoms with E-state index in [1.165, 1.54) is 6.07 Å². The Morgan fingerprint density at radius 2 is 1.27 bits per heavy atom. The van der Waals surface area contributed by atoms with E-state index >= 15 is 0 Å². The number of hydrogen-bond acceptors (Lipinski definition) is 10. The number of benzene rings is 3. The lowest BCUT2D eigenvalue weighted by Gasteiger charge is -2.09. The lowest BCUT2D eigenvalue weighted by Crippen LogP contribution is -2.08. The van der Waals surface area contributed by atoms with E-state index < -0.39 is 55.8 Å². The minimum absolute atomic E-state index is 0.0219. The van der Waals surface area contributed by atoms with Crippen LogP contribution in [0.3, 0.4) is 0 Å². The lowest BCUT2D eigenvalue weighted by molar-refractivity contribution is 0.480. The summed E-state index contributed by atoms with van der Waals surface area (Å²) >= 11 is 0. The number of rotatable bonds is 4. The zero-order valence-corrected chi connectivity index (χ0v) is 18.4. The highest BCUT2D eigenvalue weighted by atomic mass is 32.2. The number of nitrogen functional groups attached to an aromatic ring is 2. The fourth-order valence-corrected chi connectivity index (χ4v) is 5.45. The first-order valence-corrected chi connectivity index (χ1v) is 12.8. The summed E-state index contributed by atoms with van der Waals surface area (Å²) in [6.45, 7) is 0. The molecule has 4 rings (SSSR count). The smallest absolute Gasteiger partial charge is 0.296 e. The topological polar surface area (TPSA) is 246 Å². The lowest BCUT2D eigenvalue weighted by atomic mass is 10.1. The Kier molecular flexibility index (Phi) is 4.89. The Bertz CT molecular complexity index is 1810. The molecule has 0 fully saturated rings. The number of nitrogens with two attached hydrogens (primary N) is 2. The van der Waals surface area contributed by atoms with Gasteiger partial charge in [-0.1, -0.05) is 0 Å². The maximum atomic E-state index is 12.0. The fourth-order valence-electron chi connectivity index (χ4n) is 3.30. The predicted molar refractivity (Wildman–Crippen MR) is 115 cm³/mol. The summed E-state index contributed by atoms with van der Waals surface area (Å²) in [5.41, 5.74) is 10.1. The summed E-state index contributed by atoms with van der Waals surface area (Å²) in [5, 5.41) is 7.16. The van der Waals surface area contributed by atoms with Crippen molar-refractivity contribution in [1.29, 1.82) is 0 Å². The molecule has 0 unspecified atom stereocenters. The zero-order chi connectivity index (χ0) is 24.5. The van der Waals surface area contributed by atoms with Gasteiger partial charge in [0.25, 0.3) is 30.4 Å². The summed E-state index contributed by atoms with van der Waals surface area (Å²) in [7, 11) is -14.8. The molecule has 4 aromatic rings. The minimum atomic E-state index is -4.98. The molecule has 0 saturated heterocycles. The third-order valence-corrected chi connectivity index (χ3v) is 7.22. The third kappa shape index (κ3) is 3.96. The van der Waals surface area contributed by atoms with Gasteiger partial charge in [0.05, 0.1) is 0 Å². The first-order chi connectivity index (χ1) is 15.1. The van der Waals surface area contributed by atoms with Gasteiger partial charge in [0.2, 0.25) is 0 Å². The van der Waals surface area contributed by atoms with Crippen molar-refractivity contribution in [2.75, 3.05) is 11.5 Å². The number of aromatic nitrogens is 3. The van der Waals surface area contributed by atoms with E-state index in [1.54, 1.807) is 0 Å². The van der Waals surface area contributed by atoms with Crippen LogP contribution in [0.25, 0.3) is 27.5 Å². The quantitative estimate of drug-likeness (QED) is 0.183. The maximum Gasteiger partial charge on any atom is 0.296 e. The highest BCUT2D eigenvalue weighted by Gasteiger charge is 2.27. The molecular formula is C16H13N5O9S3. The van der Waals surface area contributed by atoms with Gasteiger partial charge in [-0.3, -0.25) is 13.7 Å². The van der Waals surface area contributed by atoms with Crippen LogP contribution in [0.2, 0.25) is 0 Å². The van der Waals surface area contributed by atoms with Crippen molar-refractivity contribution < 1.29 is 38.9 Å². The van der Waals surface area contributed by atoms with Crippen molar-refractivity contribution in [1.82, 2.24) is 15.0 Å². The second-order valence-electron chi connectivity index (χ2n) is 6.83. The van der Waals surface area contributed by atoms with E-state index in [0.29, 0.717) is 4.80 Å². The molecule has 33 heavy (non-hydrogen) atoms. The van der Waals surface area contributed by atoms with E-state index in [9.17, 15) is 38.9 Å². The van der Waals surface area contributed by atoms with E-state index in [4.69, 9.17) is 11.5 Å². The average molecular weight is 516 g/mol. The van der Waals surface area contributed by atoms with Crippen molar-refractivity contribution in [3.8, 4) is 5.69 Å². The summed E-state index contributed by atoms with van der Waals surface area (Å²) in [6, 6.07) is 6.07. The van der Waals surface area contributed by atoms with Crippen molar-refractivity contribution in [2.24, 2.45) is 0 Å². The molecule has 0 spiro atoms. The molecule has 14 nitrogen and oxygen atoms in total. The van der Waals surface area contributed by atoms with E-state index in [0.717, 1.165) is 30.3 Å². The van der Waals surface area contributed by atoms with Crippen molar-refractivity contribution in [2.45, 2.75) is 14.7 Å². The molecule has 7 N–H and O–H groups in total. The SMILES string of the molecule is Nc1ccc(-n2nc3cc(S(=O)(=O)O)c4cc(N)cc(S(=O)(=O)O)c4c3n2)c(S(=O)(=O)O)c1. The van der Waals surface area contributed by atoms with Gasteiger partial charge in [-0.05, 0) is 36.4 Å². The largest absolute Gasteiger partial charge is 0.399 e. The monoisotopic (exact) mass is 515 g/mol. The molecule has 0 saturated carbocycles. The summed E-state index contributed by atoms with van der Waals surface area (Å²) in [5.74, 6) is 0. The minimum Gasteiger partial charge on any atom is -0.399 e. The van der Waals surface area contributed by atoms with Crippen molar-refractivity contribution in [3.05, 3.63) is 36.4 Å². The fraction of sp³-hybridized carbons (Fsp3) is 0. The van der Waals surface area contributed by atoms with Gasteiger partial charge in [0.1, 0.15) is 31.4 Å². The van der Waals surface area contributed by atoms with Crippen molar-refractivity contribution in [3.63, 3.8) is 0 Å². The Labute approximate surface area is 185 Å². The van der Waals surface area contributed by atoms with Gasteiger partial charge in [-0.15, -0.1) is 15.0 Å². The molecule has 3 aromatic carbocycles. The highest BCUT2D eigenvalue weighted by molar-refractivity contribution is 7.86. The van der Waals surface area contributed by atoms with Crippen LogP contribution < -0.4 is 11.5 Å². The second kappa shape index (κ2) is 7.07. The molecule has 1 aromatic heterocycles. The molecule has 0 aliphatic carbocycles. The first-order valence-electron chi connectivity index (χ1n) is 8.53. The summed E-state index contributed by atoms with van der Waals surface area (Å²) < 4.78 is 101. The van der Waals surface area contributed by atoms with Crippen LogP contribution in [0, 0.1) is 0 Å². The van der Waals surface area contributed by atoms with Gasteiger partial charge < -0.3 is 11.5 Å².